The van der Waals surface area contributed by atoms with Gasteiger partial charge in [-0.2, -0.15) is 0 Å². The van der Waals surface area contributed by atoms with E-state index in [-0.39, 0.29) is 17.4 Å². The molecule has 5 aliphatic rings. The summed E-state index contributed by atoms with van der Waals surface area (Å²) >= 11 is 0. The number of hydrogen-bond acceptors (Lipinski definition) is 5. The van der Waals surface area contributed by atoms with Crippen LogP contribution >= 0.6 is 0 Å². The van der Waals surface area contributed by atoms with Crippen LogP contribution in [0.15, 0.2) is 35.5 Å². The van der Waals surface area contributed by atoms with E-state index in [0.29, 0.717) is 37.0 Å². The zero-order valence-corrected chi connectivity index (χ0v) is 19.6. The summed E-state index contributed by atoms with van der Waals surface area (Å²) in [6.07, 6.45) is 12.7. The first-order valence-electron chi connectivity index (χ1n) is 12.7. The molecule has 1 aliphatic heterocycles. The van der Waals surface area contributed by atoms with Crippen LogP contribution in [0.5, 0.6) is 0 Å². The van der Waals surface area contributed by atoms with E-state index in [1.165, 1.54) is 31.3 Å². The third kappa shape index (κ3) is 3.94. The molecule has 0 aromatic heterocycles. The number of aliphatic hydroxyl groups excluding tert-OH is 2. The fourth-order valence-electron chi connectivity index (χ4n) is 7.41. The van der Waals surface area contributed by atoms with Crippen LogP contribution in [0, 0.1) is 29.1 Å². The summed E-state index contributed by atoms with van der Waals surface area (Å²) < 4.78 is 0. The monoisotopic (exact) mass is 444 g/mol. The van der Waals surface area contributed by atoms with E-state index in [9.17, 15) is 15.3 Å². The highest BCUT2D eigenvalue weighted by molar-refractivity contribution is 5.38. The quantitative estimate of drug-likeness (QED) is 0.553. The molecule has 1 saturated heterocycles. The number of aliphatic hydroxyl groups is 3. The molecule has 0 aromatic rings. The van der Waals surface area contributed by atoms with Crippen LogP contribution < -0.4 is 0 Å². The first kappa shape index (κ1) is 22.8. The predicted molar refractivity (Wildman–Crippen MR) is 122 cm³/mol. The zero-order valence-electron chi connectivity index (χ0n) is 19.6. The summed E-state index contributed by atoms with van der Waals surface area (Å²) in [6, 6.07) is 0. The molecule has 178 valence electrons. The lowest BCUT2D eigenvalue weighted by molar-refractivity contribution is -0.388. The Labute approximate surface area is 192 Å². The Morgan fingerprint density at radius 3 is 2.69 bits per heavy atom. The molecule has 5 heteroatoms. The molecule has 0 radical (unpaired) electrons. The molecule has 0 bridgehead atoms. The van der Waals surface area contributed by atoms with Gasteiger partial charge in [0.15, 0.2) is 0 Å². The number of hydrogen-bond donors (Lipinski definition) is 3. The molecule has 4 aliphatic carbocycles. The van der Waals surface area contributed by atoms with Gasteiger partial charge in [-0.1, -0.05) is 38.2 Å². The molecule has 0 amide bonds. The highest BCUT2D eigenvalue weighted by Gasteiger charge is 2.57. The van der Waals surface area contributed by atoms with E-state index in [1.54, 1.807) is 0 Å². The zero-order chi connectivity index (χ0) is 22.7. The van der Waals surface area contributed by atoms with Gasteiger partial charge in [-0.25, -0.2) is 9.78 Å². The molecule has 3 unspecified atom stereocenters. The normalized spacial score (nSPS) is 48.4. The number of allylic oxidation sites excluding steroid dienone is 3. The van der Waals surface area contributed by atoms with E-state index >= 15 is 0 Å². The molecule has 5 nitrogen and oxygen atoms in total. The molecule has 8 atom stereocenters. The second-order valence-electron chi connectivity index (χ2n) is 11.6. The van der Waals surface area contributed by atoms with E-state index in [0.717, 1.165) is 30.4 Å². The Hall–Kier alpha value is -0.980. The third-order valence-corrected chi connectivity index (χ3v) is 9.55. The second-order valence-corrected chi connectivity index (χ2v) is 11.6. The van der Waals surface area contributed by atoms with Gasteiger partial charge in [0.1, 0.15) is 6.10 Å². The van der Waals surface area contributed by atoms with E-state index < -0.39 is 18.0 Å². The molecular weight excluding hydrogens is 404 g/mol. The summed E-state index contributed by atoms with van der Waals surface area (Å²) in [4.78, 5) is 11.2. The van der Waals surface area contributed by atoms with Gasteiger partial charge in [0.25, 0.3) is 0 Å². The number of fused-ring (bicyclic) bond motifs is 1. The highest BCUT2D eigenvalue weighted by atomic mass is 17.2. The summed E-state index contributed by atoms with van der Waals surface area (Å²) in [5, 5.41) is 31.0. The maximum Gasteiger partial charge on any atom is 0.204 e. The van der Waals surface area contributed by atoms with Gasteiger partial charge in [-0.15, -0.1) is 0 Å². The standard InChI is InChI=1S/C27H40O5/c1-16-19(13-21(28)14-24(16)29)7-6-18-5-4-12-26(3)22(10-11-23(18)26)17(2)25-15-27(30,32-31-25)20-8-9-20/h6-7,17,20-25,28-30H,1,4-5,8-15H2,2-3H3/b18-6+,19-7-/t17-,21+,22+,23?,24-,25?,26+,27?/m0/s1. The van der Waals surface area contributed by atoms with E-state index in [2.05, 4.69) is 32.6 Å². The summed E-state index contributed by atoms with van der Waals surface area (Å²) in [5.41, 5.74) is 3.47. The largest absolute Gasteiger partial charge is 0.393 e. The minimum Gasteiger partial charge on any atom is -0.393 e. The summed E-state index contributed by atoms with van der Waals surface area (Å²) in [5.74, 6) is 0.623. The maximum absolute atomic E-state index is 10.8. The van der Waals surface area contributed by atoms with Crippen molar-refractivity contribution in [3.63, 3.8) is 0 Å². The topological polar surface area (TPSA) is 79.2 Å². The minimum atomic E-state index is -1.07. The average molecular weight is 445 g/mol. The molecule has 4 saturated carbocycles. The van der Waals surface area contributed by atoms with Crippen molar-refractivity contribution in [2.45, 2.75) is 102 Å². The fraction of sp³-hybridized carbons (Fsp3) is 0.778. The molecule has 0 aromatic carbocycles. The van der Waals surface area contributed by atoms with Crippen LogP contribution in [0.25, 0.3) is 0 Å². The maximum atomic E-state index is 10.8. The summed E-state index contributed by atoms with van der Waals surface area (Å²) in [7, 11) is 0. The van der Waals surface area contributed by atoms with Crippen molar-refractivity contribution in [1.29, 1.82) is 0 Å². The van der Waals surface area contributed by atoms with Crippen molar-refractivity contribution in [3.8, 4) is 0 Å². The van der Waals surface area contributed by atoms with Crippen molar-refractivity contribution in [2.24, 2.45) is 29.1 Å². The Balaban J connectivity index is 1.31. The van der Waals surface area contributed by atoms with Crippen LogP contribution in [-0.4, -0.2) is 39.4 Å². The van der Waals surface area contributed by atoms with Gasteiger partial charge in [0.05, 0.1) is 12.2 Å². The van der Waals surface area contributed by atoms with Crippen LogP contribution in [0.3, 0.4) is 0 Å². The fourth-order valence-corrected chi connectivity index (χ4v) is 7.41. The molecule has 3 N–H and O–H groups in total. The third-order valence-electron chi connectivity index (χ3n) is 9.55. The summed E-state index contributed by atoms with van der Waals surface area (Å²) in [6.45, 7) is 8.81. The van der Waals surface area contributed by atoms with Crippen molar-refractivity contribution < 1.29 is 25.1 Å². The SMILES string of the molecule is C=C1/C(=C\C=C2/CCC[C@@]3(C)C2CC[C@@H]3[C@H](C)C2CC(O)(C3CC3)OO2)C[C@@H](O)C[C@@H]1O. The van der Waals surface area contributed by atoms with Crippen LogP contribution in [-0.2, 0) is 9.78 Å². The van der Waals surface area contributed by atoms with Crippen LogP contribution in [0.2, 0.25) is 0 Å². The molecule has 1 heterocycles. The Kier molecular flexibility index (Phi) is 5.95. The van der Waals surface area contributed by atoms with Crippen molar-refractivity contribution >= 4 is 0 Å². The average Bonchev–Trinajstić information content (AvgIpc) is 3.45. The lowest BCUT2D eigenvalue weighted by Gasteiger charge is -2.45. The lowest BCUT2D eigenvalue weighted by Crippen LogP contribution is -2.39. The van der Waals surface area contributed by atoms with Gasteiger partial charge >= 0.3 is 0 Å². The van der Waals surface area contributed by atoms with Gasteiger partial charge in [-0.3, -0.25) is 0 Å². The highest BCUT2D eigenvalue weighted by Crippen LogP contribution is 2.61. The molecule has 0 spiro atoms. The van der Waals surface area contributed by atoms with Gasteiger partial charge < -0.3 is 15.3 Å². The van der Waals surface area contributed by atoms with Crippen molar-refractivity contribution in [3.05, 3.63) is 35.5 Å². The first-order valence-corrected chi connectivity index (χ1v) is 12.7. The van der Waals surface area contributed by atoms with E-state index in [4.69, 9.17) is 9.78 Å². The Morgan fingerprint density at radius 1 is 1.16 bits per heavy atom. The van der Waals surface area contributed by atoms with Crippen molar-refractivity contribution in [2.75, 3.05) is 0 Å². The Bertz CT molecular complexity index is 813. The van der Waals surface area contributed by atoms with Crippen LogP contribution in [0.4, 0.5) is 0 Å². The van der Waals surface area contributed by atoms with Gasteiger partial charge in [-0.05, 0) is 85.7 Å². The van der Waals surface area contributed by atoms with Gasteiger partial charge in [0, 0.05) is 18.8 Å². The Morgan fingerprint density at radius 2 is 1.94 bits per heavy atom. The predicted octanol–water partition coefficient (Wildman–Crippen LogP) is 4.58. The number of rotatable bonds is 4. The molecule has 5 rings (SSSR count). The van der Waals surface area contributed by atoms with Crippen LogP contribution in [0.1, 0.15) is 78.1 Å². The van der Waals surface area contributed by atoms with Crippen molar-refractivity contribution in [1.82, 2.24) is 0 Å². The second kappa shape index (κ2) is 8.35. The minimum absolute atomic E-state index is 0.0359. The lowest BCUT2D eigenvalue weighted by atomic mass is 9.60. The van der Waals surface area contributed by atoms with Gasteiger partial charge in [0.2, 0.25) is 5.79 Å². The van der Waals surface area contributed by atoms with E-state index in [1.807, 2.05) is 0 Å². The molecular formula is C27H40O5. The first-order chi connectivity index (χ1) is 15.2. The smallest absolute Gasteiger partial charge is 0.204 e. The molecule has 5 fully saturated rings. The molecule has 32 heavy (non-hydrogen) atoms.